The van der Waals surface area contributed by atoms with Crippen LogP contribution in [-0.2, 0) is 0 Å². The molecule has 0 radical (unpaired) electrons. The van der Waals surface area contributed by atoms with Gasteiger partial charge in [0.25, 0.3) is 5.91 Å². The molecule has 26 heavy (non-hydrogen) atoms. The van der Waals surface area contributed by atoms with Gasteiger partial charge in [-0.2, -0.15) is 5.26 Å². The van der Waals surface area contributed by atoms with E-state index in [2.05, 4.69) is 21.7 Å². The number of para-hydroxylation sites is 1. The van der Waals surface area contributed by atoms with Crippen molar-refractivity contribution >= 4 is 23.0 Å². The molecule has 0 saturated carbocycles. The Morgan fingerprint density at radius 2 is 1.81 bits per heavy atom. The Bertz CT molecular complexity index is 1000. The van der Waals surface area contributed by atoms with Gasteiger partial charge < -0.3 is 10.6 Å². The lowest BCUT2D eigenvalue weighted by molar-refractivity contribution is 0.102. The Morgan fingerprint density at radius 3 is 2.58 bits per heavy atom. The predicted molar refractivity (Wildman–Crippen MR) is 103 cm³/mol. The van der Waals surface area contributed by atoms with E-state index in [-0.39, 0.29) is 5.91 Å². The van der Waals surface area contributed by atoms with Gasteiger partial charge in [-0.25, -0.2) is 0 Å². The Labute approximate surface area is 152 Å². The fourth-order valence-electron chi connectivity index (χ4n) is 2.50. The molecule has 0 aliphatic heterocycles. The Balaban J connectivity index is 1.79. The number of amides is 1. The zero-order valence-corrected chi connectivity index (χ0v) is 14.6. The van der Waals surface area contributed by atoms with Gasteiger partial charge in [0, 0.05) is 11.9 Å². The molecule has 5 heteroatoms. The highest BCUT2D eigenvalue weighted by Gasteiger charge is 2.09. The molecule has 2 N–H and O–H groups in total. The summed E-state index contributed by atoms with van der Waals surface area (Å²) in [5.41, 5.74) is 5.30. The summed E-state index contributed by atoms with van der Waals surface area (Å²) in [7, 11) is 0. The largest absolute Gasteiger partial charge is 0.353 e. The zero-order chi connectivity index (χ0) is 18.5. The van der Waals surface area contributed by atoms with Gasteiger partial charge in [0.05, 0.1) is 28.7 Å². The van der Waals surface area contributed by atoms with E-state index in [0.29, 0.717) is 22.5 Å². The average Bonchev–Trinajstić information content (AvgIpc) is 2.65. The van der Waals surface area contributed by atoms with Crippen molar-refractivity contribution < 1.29 is 4.79 Å². The quantitative estimate of drug-likeness (QED) is 0.728. The normalized spacial score (nSPS) is 10.0. The molecule has 0 spiro atoms. The summed E-state index contributed by atoms with van der Waals surface area (Å²) in [5, 5.41) is 15.2. The van der Waals surface area contributed by atoms with E-state index < -0.39 is 0 Å². The van der Waals surface area contributed by atoms with Crippen LogP contribution in [0.1, 0.15) is 27.0 Å². The first-order chi connectivity index (χ1) is 12.6. The highest BCUT2D eigenvalue weighted by molar-refractivity contribution is 6.04. The van der Waals surface area contributed by atoms with Crippen LogP contribution >= 0.6 is 0 Å². The number of pyridine rings is 1. The maximum atomic E-state index is 12.5. The second kappa shape index (κ2) is 7.49. The van der Waals surface area contributed by atoms with Crippen LogP contribution in [0.5, 0.6) is 0 Å². The summed E-state index contributed by atoms with van der Waals surface area (Å²) in [6.45, 7) is 4.03. The van der Waals surface area contributed by atoms with Crippen LogP contribution in [-0.4, -0.2) is 10.9 Å². The minimum Gasteiger partial charge on any atom is -0.353 e. The summed E-state index contributed by atoms with van der Waals surface area (Å²) in [6.07, 6.45) is 3.12. The topological polar surface area (TPSA) is 77.8 Å². The first-order valence-corrected chi connectivity index (χ1v) is 8.16. The third kappa shape index (κ3) is 3.87. The number of carbonyl (C=O) groups excluding carboxylic acids is 1. The monoisotopic (exact) mass is 342 g/mol. The number of nitrogens with zero attached hydrogens (tertiary/aromatic N) is 2. The maximum Gasteiger partial charge on any atom is 0.257 e. The molecule has 0 aliphatic rings. The summed E-state index contributed by atoms with van der Waals surface area (Å²) in [5.74, 6) is -0.238. The molecule has 1 heterocycles. The highest BCUT2D eigenvalue weighted by Crippen LogP contribution is 2.21. The van der Waals surface area contributed by atoms with Crippen molar-refractivity contribution in [3.05, 3.63) is 83.2 Å². The molecular weight excluding hydrogens is 324 g/mol. The van der Waals surface area contributed by atoms with Crippen molar-refractivity contribution in [3.8, 4) is 6.07 Å². The maximum absolute atomic E-state index is 12.5. The Hall–Kier alpha value is -3.65. The third-order valence-electron chi connectivity index (χ3n) is 4.09. The number of rotatable bonds is 4. The van der Waals surface area contributed by atoms with Gasteiger partial charge >= 0.3 is 0 Å². The molecule has 0 saturated heterocycles. The molecule has 0 atom stereocenters. The van der Waals surface area contributed by atoms with Gasteiger partial charge in [0.1, 0.15) is 6.07 Å². The van der Waals surface area contributed by atoms with E-state index in [1.807, 2.05) is 38.1 Å². The second-order valence-electron chi connectivity index (χ2n) is 6.00. The first kappa shape index (κ1) is 17.2. The number of nitrogens with one attached hydrogen (secondary N) is 2. The lowest BCUT2D eigenvalue weighted by atomic mass is 10.1. The highest BCUT2D eigenvalue weighted by atomic mass is 16.1. The number of aromatic nitrogens is 1. The van der Waals surface area contributed by atoms with Crippen molar-refractivity contribution in [2.24, 2.45) is 0 Å². The smallest absolute Gasteiger partial charge is 0.257 e. The zero-order valence-electron chi connectivity index (χ0n) is 14.6. The van der Waals surface area contributed by atoms with Crippen LogP contribution in [0.2, 0.25) is 0 Å². The van der Waals surface area contributed by atoms with Gasteiger partial charge in [0.2, 0.25) is 0 Å². The van der Waals surface area contributed by atoms with Crippen molar-refractivity contribution in [1.82, 2.24) is 4.98 Å². The van der Waals surface area contributed by atoms with Crippen molar-refractivity contribution in [1.29, 1.82) is 5.26 Å². The average molecular weight is 342 g/mol. The molecule has 1 amide bonds. The van der Waals surface area contributed by atoms with Crippen molar-refractivity contribution in [3.63, 3.8) is 0 Å². The minimum absolute atomic E-state index is 0.238. The lowest BCUT2D eigenvalue weighted by Gasteiger charge is -2.10. The number of anilines is 3. The van der Waals surface area contributed by atoms with Crippen LogP contribution in [0, 0.1) is 25.2 Å². The van der Waals surface area contributed by atoms with E-state index in [4.69, 9.17) is 0 Å². The van der Waals surface area contributed by atoms with Crippen LogP contribution in [0.3, 0.4) is 0 Å². The molecule has 0 unspecified atom stereocenters. The summed E-state index contributed by atoms with van der Waals surface area (Å²) in [6, 6.07) is 16.8. The molecule has 128 valence electrons. The van der Waals surface area contributed by atoms with Gasteiger partial charge in [-0.15, -0.1) is 0 Å². The van der Waals surface area contributed by atoms with Gasteiger partial charge in [-0.1, -0.05) is 18.2 Å². The molecule has 5 nitrogen and oxygen atoms in total. The fourth-order valence-corrected chi connectivity index (χ4v) is 2.50. The van der Waals surface area contributed by atoms with Crippen molar-refractivity contribution in [2.75, 3.05) is 10.6 Å². The minimum atomic E-state index is -0.238. The van der Waals surface area contributed by atoms with Gasteiger partial charge in [0.15, 0.2) is 0 Å². The first-order valence-electron chi connectivity index (χ1n) is 8.16. The summed E-state index contributed by atoms with van der Waals surface area (Å²) < 4.78 is 0. The van der Waals surface area contributed by atoms with Crippen molar-refractivity contribution in [2.45, 2.75) is 13.8 Å². The van der Waals surface area contributed by atoms with Crippen LogP contribution in [0.25, 0.3) is 0 Å². The SMILES string of the molecule is Cc1ccc(NC(=O)c2cncc(Nc3ccccc3C#N)c2)cc1C. The van der Waals surface area contributed by atoms with Crippen LogP contribution < -0.4 is 10.6 Å². The van der Waals surface area contributed by atoms with E-state index in [1.165, 1.54) is 11.8 Å². The van der Waals surface area contributed by atoms with Gasteiger partial charge in [-0.3, -0.25) is 9.78 Å². The number of hydrogen-bond donors (Lipinski definition) is 2. The Morgan fingerprint density at radius 1 is 1.00 bits per heavy atom. The van der Waals surface area contributed by atoms with Crippen LogP contribution in [0.4, 0.5) is 17.1 Å². The molecule has 1 aromatic heterocycles. The van der Waals surface area contributed by atoms with E-state index in [1.54, 1.807) is 30.5 Å². The molecule has 0 fully saturated rings. The number of hydrogen-bond acceptors (Lipinski definition) is 4. The summed E-state index contributed by atoms with van der Waals surface area (Å²) >= 11 is 0. The van der Waals surface area contributed by atoms with Gasteiger partial charge in [-0.05, 0) is 55.3 Å². The lowest BCUT2D eigenvalue weighted by Crippen LogP contribution is -2.12. The molecule has 0 bridgehead atoms. The fraction of sp³-hybridized carbons (Fsp3) is 0.0952. The van der Waals surface area contributed by atoms with E-state index in [9.17, 15) is 10.1 Å². The molecule has 2 aromatic carbocycles. The molecular formula is C21H18N4O. The van der Waals surface area contributed by atoms with Crippen LogP contribution in [0.15, 0.2) is 60.9 Å². The predicted octanol–water partition coefficient (Wildman–Crippen LogP) is 4.57. The third-order valence-corrected chi connectivity index (χ3v) is 4.09. The Kier molecular flexibility index (Phi) is 4.95. The molecule has 3 aromatic rings. The number of aryl methyl sites for hydroxylation is 2. The standard InChI is InChI=1S/C21H18N4O/c1-14-7-8-18(9-15(14)2)25-21(26)17-10-19(13-23-12-17)24-20-6-4-3-5-16(20)11-22/h3-10,12-13,24H,1-2H3,(H,25,26). The molecule has 3 rings (SSSR count). The van der Waals surface area contributed by atoms with E-state index >= 15 is 0 Å². The second-order valence-corrected chi connectivity index (χ2v) is 6.00. The van der Waals surface area contributed by atoms with E-state index in [0.717, 1.165) is 11.3 Å². The molecule has 0 aliphatic carbocycles. The number of nitriles is 1. The summed E-state index contributed by atoms with van der Waals surface area (Å²) in [4.78, 5) is 16.6. The number of carbonyl (C=O) groups is 1. The number of benzene rings is 2.